The molecule has 1 aliphatic rings. The fourth-order valence-electron chi connectivity index (χ4n) is 4.48. The fraction of sp³-hybridized carbons (Fsp3) is 0.280. The zero-order valence-electron chi connectivity index (χ0n) is 16.5. The lowest BCUT2D eigenvalue weighted by atomic mass is 9.76. The van der Waals surface area contributed by atoms with E-state index >= 15 is 0 Å². The summed E-state index contributed by atoms with van der Waals surface area (Å²) in [7, 11) is 0. The highest BCUT2D eigenvalue weighted by Gasteiger charge is 2.28. The van der Waals surface area contributed by atoms with Crippen LogP contribution >= 0.6 is 0 Å². The molecule has 0 aromatic heterocycles. The number of hydrogen-bond acceptors (Lipinski definition) is 3. The van der Waals surface area contributed by atoms with Crippen molar-refractivity contribution in [2.24, 2.45) is 5.92 Å². The van der Waals surface area contributed by atoms with Crippen molar-refractivity contribution >= 4 is 5.69 Å². The van der Waals surface area contributed by atoms with Gasteiger partial charge in [-0.05, 0) is 48.5 Å². The van der Waals surface area contributed by atoms with Crippen molar-refractivity contribution in [2.45, 2.75) is 25.3 Å². The Bertz CT molecular complexity index is 879. The van der Waals surface area contributed by atoms with Crippen LogP contribution in [0.2, 0.25) is 0 Å². The summed E-state index contributed by atoms with van der Waals surface area (Å²) in [5.74, 6) is 1.05. The largest absolute Gasteiger partial charge is 0.299 e. The molecular formula is C25H26N2O2. The number of likely N-dealkylation sites (tertiary alicyclic amines) is 1. The van der Waals surface area contributed by atoms with Crippen LogP contribution in [0.1, 0.15) is 35.4 Å². The van der Waals surface area contributed by atoms with Gasteiger partial charge in [-0.3, -0.25) is 15.0 Å². The van der Waals surface area contributed by atoms with Gasteiger partial charge in [0.15, 0.2) is 0 Å². The average molecular weight is 386 g/mol. The first kappa shape index (κ1) is 19.3. The van der Waals surface area contributed by atoms with Gasteiger partial charge in [0.25, 0.3) is 5.69 Å². The maximum atomic E-state index is 10.8. The van der Waals surface area contributed by atoms with E-state index in [9.17, 15) is 10.1 Å². The summed E-state index contributed by atoms with van der Waals surface area (Å²) in [6, 6.07) is 28.7. The van der Waals surface area contributed by atoms with Crippen LogP contribution < -0.4 is 0 Å². The highest BCUT2D eigenvalue weighted by atomic mass is 16.6. The Morgan fingerprint density at radius 3 is 1.83 bits per heavy atom. The highest BCUT2D eigenvalue weighted by molar-refractivity contribution is 5.34. The number of nitro groups is 1. The van der Waals surface area contributed by atoms with E-state index in [0.717, 1.165) is 38.0 Å². The van der Waals surface area contributed by atoms with E-state index in [4.69, 9.17) is 0 Å². The summed E-state index contributed by atoms with van der Waals surface area (Å²) in [4.78, 5) is 12.9. The van der Waals surface area contributed by atoms with E-state index in [1.807, 2.05) is 12.1 Å². The molecule has 3 aromatic carbocycles. The monoisotopic (exact) mass is 386 g/mol. The van der Waals surface area contributed by atoms with E-state index in [1.54, 1.807) is 12.1 Å². The van der Waals surface area contributed by atoms with Gasteiger partial charge >= 0.3 is 0 Å². The van der Waals surface area contributed by atoms with Crippen molar-refractivity contribution in [1.29, 1.82) is 0 Å². The molecule has 0 atom stereocenters. The predicted molar refractivity (Wildman–Crippen MR) is 116 cm³/mol. The Hall–Kier alpha value is -2.98. The minimum Gasteiger partial charge on any atom is -0.299 e. The molecule has 148 valence electrons. The van der Waals surface area contributed by atoms with E-state index in [-0.39, 0.29) is 10.6 Å². The third-order valence-corrected chi connectivity index (χ3v) is 5.97. The maximum Gasteiger partial charge on any atom is 0.269 e. The number of piperidine rings is 1. The van der Waals surface area contributed by atoms with Gasteiger partial charge in [0.1, 0.15) is 0 Å². The van der Waals surface area contributed by atoms with Crippen LogP contribution in [0.3, 0.4) is 0 Å². The molecule has 0 bridgehead atoms. The first-order chi connectivity index (χ1) is 14.2. The summed E-state index contributed by atoms with van der Waals surface area (Å²) in [5, 5.41) is 10.8. The molecule has 1 aliphatic heterocycles. The quantitative estimate of drug-likeness (QED) is 0.407. The molecule has 4 heteroatoms. The molecule has 0 unspecified atom stereocenters. The number of non-ortho nitro benzene ring substituents is 1. The second kappa shape index (κ2) is 9.01. The molecule has 4 nitrogen and oxygen atoms in total. The fourth-order valence-corrected chi connectivity index (χ4v) is 4.48. The topological polar surface area (TPSA) is 46.4 Å². The lowest BCUT2D eigenvalue weighted by Gasteiger charge is -2.36. The number of rotatable bonds is 6. The molecule has 0 saturated carbocycles. The van der Waals surface area contributed by atoms with E-state index < -0.39 is 0 Å². The SMILES string of the molecule is O=[N+]([O-])c1ccc(CN2CCC(C(c3ccccc3)c3ccccc3)CC2)cc1. The Morgan fingerprint density at radius 1 is 0.828 bits per heavy atom. The molecule has 1 fully saturated rings. The van der Waals surface area contributed by atoms with Crippen molar-refractivity contribution in [1.82, 2.24) is 4.90 Å². The zero-order valence-corrected chi connectivity index (χ0v) is 16.5. The third kappa shape index (κ3) is 4.72. The van der Waals surface area contributed by atoms with Crippen LogP contribution in [-0.4, -0.2) is 22.9 Å². The lowest BCUT2D eigenvalue weighted by Crippen LogP contribution is -2.35. The van der Waals surface area contributed by atoms with Gasteiger partial charge in [-0.2, -0.15) is 0 Å². The first-order valence-corrected chi connectivity index (χ1v) is 10.3. The molecule has 3 aromatic rings. The molecule has 0 radical (unpaired) electrons. The lowest BCUT2D eigenvalue weighted by molar-refractivity contribution is -0.384. The summed E-state index contributed by atoms with van der Waals surface area (Å²) in [6.45, 7) is 2.96. The second-order valence-corrected chi connectivity index (χ2v) is 7.84. The molecule has 1 heterocycles. The summed E-state index contributed by atoms with van der Waals surface area (Å²) in [5.41, 5.74) is 4.08. The van der Waals surface area contributed by atoms with Gasteiger partial charge in [-0.1, -0.05) is 72.8 Å². The maximum absolute atomic E-state index is 10.8. The van der Waals surface area contributed by atoms with Crippen LogP contribution in [-0.2, 0) is 6.54 Å². The van der Waals surface area contributed by atoms with Gasteiger partial charge < -0.3 is 0 Å². The summed E-state index contributed by atoms with van der Waals surface area (Å²) in [6.07, 6.45) is 2.31. The predicted octanol–water partition coefficient (Wildman–Crippen LogP) is 5.64. The zero-order chi connectivity index (χ0) is 20.1. The molecular weight excluding hydrogens is 360 g/mol. The first-order valence-electron chi connectivity index (χ1n) is 10.3. The molecule has 29 heavy (non-hydrogen) atoms. The Balaban J connectivity index is 1.43. The van der Waals surface area contributed by atoms with E-state index in [1.165, 1.54) is 11.1 Å². The Morgan fingerprint density at radius 2 is 1.34 bits per heavy atom. The minimum atomic E-state index is -0.345. The summed E-state index contributed by atoms with van der Waals surface area (Å²) < 4.78 is 0. The highest BCUT2D eigenvalue weighted by Crippen LogP contribution is 2.38. The van der Waals surface area contributed by atoms with Crippen LogP contribution in [0.5, 0.6) is 0 Å². The van der Waals surface area contributed by atoms with Crippen molar-refractivity contribution in [3.63, 3.8) is 0 Å². The van der Waals surface area contributed by atoms with Crippen molar-refractivity contribution < 1.29 is 4.92 Å². The van der Waals surface area contributed by atoms with Crippen molar-refractivity contribution in [3.8, 4) is 0 Å². The summed E-state index contributed by atoms with van der Waals surface area (Å²) >= 11 is 0. The minimum absolute atomic E-state index is 0.154. The van der Waals surface area contributed by atoms with Gasteiger partial charge in [0, 0.05) is 24.6 Å². The standard InChI is InChI=1S/C25H26N2O2/c28-27(29)24-13-11-20(12-14-24)19-26-17-15-23(16-18-26)25(21-7-3-1-4-8-21)22-9-5-2-6-10-22/h1-14,23,25H,15-19H2. The second-order valence-electron chi connectivity index (χ2n) is 7.84. The van der Waals surface area contributed by atoms with Crippen LogP contribution in [0.15, 0.2) is 84.9 Å². The number of hydrogen-bond donors (Lipinski definition) is 0. The average Bonchev–Trinajstić information content (AvgIpc) is 2.77. The van der Waals surface area contributed by atoms with Gasteiger partial charge in [0.05, 0.1) is 4.92 Å². The van der Waals surface area contributed by atoms with Gasteiger partial charge in [-0.15, -0.1) is 0 Å². The van der Waals surface area contributed by atoms with Gasteiger partial charge in [0.2, 0.25) is 0 Å². The number of benzene rings is 3. The molecule has 0 amide bonds. The van der Waals surface area contributed by atoms with Crippen molar-refractivity contribution in [3.05, 3.63) is 112 Å². The Kier molecular flexibility index (Phi) is 6.01. The molecule has 0 aliphatic carbocycles. The van der Waals surface area contributed by atoms with Gasteiger partial charge in [-0.25, -0.2) is 0 Å². The number of nitrogens with zero attached hydrogens (tertiary/aromatic N) is 2. The molecule has 1 saturated heterocycles. The smallest absolute Gasteiger partial charge is 0.269 e. The van der Waals surface area contributed by atoms with Crippen molar-refractivity contribution in [2.75, 3.05) is 13.1 Å². The molecule has 4 rings (SSSR count). The van der Waals surface area contributed by atoms with Crippen LogP contribution in [0.25, 0.3) is 0 Å². The van der Waals surface area contributed by atoms with Crippen LogP contribution in [0.4, 0.5) is 5.69 Å². The van der Waals surface area contributed by atoms with Crippen LogP contribution in [0, 0.1) is 16.0 Å². The molecule has 0 spiro atoms. The normalized spacial score (nSPS) is 15.5. The van der Waals surface area contributed by atoms with E-state index in [2.05, 4.69) is 65.6 Å². The van der Waals surface area contributed by atoms with E-state index in [0.29, 0.717) is 11.8 Å². The Labute approximate surface area is 172 Å². The third-order valence-electron chi connectivity index (χ3n) is 5.97. The number of nitro benzene ring substituents is 1. The molecule has 0 N–H and O–H groups in total.